The molecule has 1 saturated carbocycles. The number of carbonyl (C=O) groups is 1. The van der Waals surface area contributed by atoms with Crippen LogP contribution in [0.3, 0.4) is 0 Å². The van der Waals surface area contributed by atoms with E-state index in [1.807, 2.05) is 0 Å². The number of aryl methyl sites for hydroxylation is 2. The predicted molar refractivity (Wildman–Crippen MR) is 182 cm³/mol. The van der Waals surface area contributed by atoms with Gasteiger partial charge in [0.1, 0.15) is 11.9 Å². The summed E-state index contributed by atoms with van der Waals surface area (Å²) in [5, 5.41) is 3.16. The van der Waals surface area contributed by atoms with E-state index >= 15 is 0 Å². The molecule has 10 heteroatoms. The maximum Gasteiger partial charge on any atom is 0.248 e. The molecule has 2 unspecified atom stereocenters. The molecule has 3 fully saturated rings. The summed E-state index contributed by atoms with van der Waals surface area (Å²) in [5.41, 5.74) is 2.91. The quantitative estimate of drug-likeness (QED) is 0.363. The van der Waals surface area contributed by atoms with Crippen LogP contribution in [0, 0.1) is 19.8 Å². The molecule has 1 amide bonds. The molecule has 2 saturated heterocycles. The van der Waals surface area contributed by atoms with Crippen LogP contribution < -0.4 is 10.1 Å². The van der Waals surface area contributed by atoms with Crippen LogP contribution in [0.4, 0.5) is 0 Å². The first kappa shape index (κ1) is 34.8. The highest BCUT2D eigenvalue weighted by Crippen LogP contribution is 2.39. The molecule has 0 aromatic heterocycles. The number of ether oxygens (including phenoxy) is 2. The van der Waals surface area contributed by atoms with Crippen LogP contribution in [0.2, 0.25) is 0 Å². The second-order valence-electron chi connectivity index (χ2n) is 13.8. The highest BCUT2D eigenvalue weighted by atomic mass is 32.2. The van der Waals surface area contributed by atoms with Gasteiger partial charge in [0.05, 0.1) is 18.6 Å². The van der Waals surface area contributed by atoms with Crippen molar-refractivity contribution < 1.29 is 22.7 Å². The zero-order valence-electron chi connectivity index (χ0n) is 28.5. The summed E-state index contributed by atoms with van der Waals surface area (Å²) in [6, 6.07) is 14.1. The fourth-order valence-electron chi connectivity index (χ4n) is 7.84. The van der Waals surface area contributed by atoms with Crippen LogP contribution in [-0.4, -0.2) is 106 Å². The summed E-state index contributed by atoms with van der Waals surface area (Å²) < 4.78 is 40.4. The Morgan fingerprint density at radius 3 is 2.28 bits per heavy atom. The van der Waals surface area contributed by atoms with E-state index in [2.05, 4.69) is 52.5 Å². The number of sulfonamides is 1. The number of likely N-dealkylation sites (N-methyl/N-ethyl adjacent to an activating group) is 1. The highest BCUT2D eigenvalue weighted by Gasteiger charge is 2.41. The molecule has 46 heavy (non-hydrogen) atoms. The standard InChI is InChI=1S/C36H54N4O5S/c1-27-22-33(44-5)23-28(2)34(27)46(42,43)40-17-9-12-32(40)26-45-29(3)35(41)37-25-31-13-15-36(16-14-31,24-30-10-7-6-8-11-30)39-20-18-38(4)19-21-39/h6-8,10-11,22-23,29,31-32H,9,12-21,24-26H2,1-5H3,(H,37,41). The molecule has 1 N–H and O–H groups in total. The Morgan fingerprint density at radius 2 is 1.65 bits per heavy atom. The maximum absolute atomic E-state index is 13.8. The lowest BCUT2D eigenvalue weighted by Crippen LogP contribution is -2.59. The van der Waals surface area contributed by atoms with Gasteiger partial charge in [-0.1, -0.05) is 30.3 Å². The molecule has 2 aromatic rings. The summed E-state index contributed by atoms with van der Waals surface area (Å²) in [6.45, 7) is 11.1. The van der Waals surface area contributed by atoms with Crippen molar-refractivity contribution >= 4 is 15.9 Å². The van der Waals surface area contributed by atoms with E-state index in [1.54, 1.807) is 44.3 Å². The molecule has 0 bridgehead atoms. The third-order valence-corrected chi connectivity index (χ3v) is 12.9. The minimum absolute atomic E-state index is 0.130. The zero-order chi connectivity index (χ0) is 32.9. The number of amides is 1. The summed E-state index contributed by atoms with van der Waals surface area (Å²) in [5.74, 6) is 0.957. The fraction of sp³-hybridized carbons (Fsp3) is 0.639. The lowest BCUT2D eigenvalue weighted by atomic mass is 9.72. The topological polar surface area (TPSA) is 91.4 Å². The Hall–Kier alpha value is -2.50. The third-order valence-electron chi connectivity index (χ3n) is 10.6. The van der Waals surface area contributed by atoms with Crippen LogP contribution in [-0.2, 0) is 26.0 Å². The largest absolute Gasteiger partial charge is 0.497 e. The molecule has 2 atom stereocenters. The number of benzene rings is 2. The van der Waals surface area contributed by atoms with Crippen LogP contribution in [0.25, 0.3) is 0 Å². The van der Waals surface area contributed by atoms with Crippen molar-refractivity contribution in [1.82, 2.24) is 19.4 Å². The molecule has 0 radical (unpaired) electrons. The molecule has 2 heterocycles. The Bertz CT molecular complexity index is 1400. The van der Waals surface area contributed by atoms with E-state index < -0.39 is 16.1 Å². The number of hydrogen-bond donors (Lipinski definition) is 1. The van der Waals surface area contributed by atoms with Gasteiger partial charge in [-0.25, -0.2) is 8.42 Å². The monoisotopic (exact) mass is 654 g/mol. The second-order valence-corrected chi connectivity index (χ2v) is 15.7. The lowest BCUT2D eigenvalue weighted by Gasteiger charge is -2.51. The molecule has 2 aliphatic heterocycles. The van der Waals surface area contributed by atoms with E-state index in [4.69, 9.17) is 9.47 Å². The second kappa shape index (κ2) is 15.2. The van der Waals surface area contributed by atoms with Crippen molar-refractivity contribution in [2.24, 2.45) is 5.92 Å². The van der Waals surface area contributed by atoms with Gasteiger partial charge in [0.2, 0.25) is 15.9 Å². The molecule has 5 rings (SSSR count). The zero-order valence-corrected chi connectivity index (χ0v) is 29.3. The molecule has 9 nitrogen and oxygen atoms in total. The highest BCUT2D eigenvalue weighted by molar-refractivity contribution is 7.89. The molecule has 3 aliphatic rings. The number of methoxy groups -OCH3 is 1. The Kier molecular flexibility index (Phi) is 11.5. The molecular weight excluding hydrogens is 600 g/mol. The number of piperazine rings is 1. The lowest BCUT2D eigenvalue weighted by molar-refractivity contribution is -0.132. The number of nitrogens with one attached hydrogen (secondary N) is 1. The molecule has 254 valence electrons. The van der Waals surface area contributed by atoms with Gasteiger partial charge in [-0.2, -0.15) is 4.31 Å². The van der Waals surface area contributed by atoms with E-state index in [1.165, 1.54) is 5.56 Å². The number of rotatable bonds is 12. The van der Waals surface area contributed by atoms with Gasteiger partial charge in [-0.15, -0.1) is 0 Å². The Balaban J connectivity index is 1.12. The molecule has 0 spiro atoms. The minimum atomic E-state index is -3.72. The normalized spacial score (nSPS) is 25.8. The third kappa shape index (κ3) is 7.96. The van der Waals surface area contributed by atoms with Crippen molar-refractivity contribution in [3.63, 3.8) is 0 Å². The Morgan fingerprint density at radius 1 is 1.00 bits per heavy atom. The first-order chi connectivity index (χ1) is 22.0. The first-order valence-corrected chi connectivity index (χ1v) is 18.5. The first-order valence-electron chi connectivity index (χ1n) is 17.1. The molecule has 1 aliphatic carbocycles. The van der Waals surface area contributed by atoms with Crippen LogP contribution in [0.5, 0.6) is 5.75 Å². The summed E-state index contributed by atoms with van der Waals surface area (Å²) in [4.78, 5) is 18.6. The van der Waals surface area contributed by atoms with Crippen molar-refractivity contribution in [1.29, 1.82) is 0 Å². The molecule has 2 aromatic carbocycles. The van der Waals surface area contributed by atoms with E-state index in [0.717, 1.165) is 64.7 Å². The number of hydrogen-bond acceptors (Lipinski definition) is 7. The number of nitrogens with zero attached hydrogens (tertiary/aromatic N) is 3. The summed E-state index contributed by atoms with van der Waals surface area (Å²) >= 11 is 0. The van der Waals surface area contributed by atoms with Crippen molar-refractivity contribution in [3.8, 4) is 5.75 Å². The summed E-state index contributed by atoms with van der Waals surface area (Å²) in [7, 11) is 0.0725. The van der Waals surface area contributed by atoms with Gasteiger partial charge >= 0.3 is 0 Å². The van der Waals surface area contributed by atoms with Gasteiger partial charge in [0.15, 0.2) is 0 Å². The predicted octanol–water partition coefficient (Wildman–Crippen LogP) is 4.41. The smallest absolute Gasteiger partial charge is 0.248 e. The van der Waals surface area contributed by atoms with Gasteiger partial charge < -0.3 is 19.7 Å². The van der Waals surface area contributed by atoms with Gasteiger partial charge in [0.25, 0.3) is 0 Å². The average Bonchev–Trinajstić information content (AvgIpc) is 3.53. The van der Waals surface area contributed by atoms with Crippen LogP contribution >= 0.6 is 0 Å². The van der Waals surface area contributed by atoms with Gasteiger partial charge in [0, 0.05) is 50.8 Å². The fourth-order valence-corrected chi connectivity index (χ4v) is 9.94. The van der Waals surface area contributed by atoms with Crippen molar-refractivity contribution in [2.45, 2.75) is 88.3 Å². The van der Waals surface area contributed by atoms with Gasteiger partial charge in [-0.3, -0.25) is 9.69 Å². The minimum Gasteiger partial charge on any atom is -0.497 e. The van der Waals surface area contributed by atoms with E-state index in [-0.39, 0.29) is 24.1 Å². The van der Waals surface area contributed by atoms with Crippen molar-refractivity contribution in [2.75, 3.05) is 60.0 Å². The van der Waals surface area contributed by atoms with E-state index in [0.29, 0.717) is 47.2 Å². The number of carbonyl (C=O) groups excluding carboxylic acids is 1. The van der Waals surface area contributed by atoms with Crippen molar-refractivity contribution in [3.05, 3.63) is 59.2 Å². The van der Waals surface area contributed by atoms with Crippen LogP contribution in [0.15, 0.2) is 47.4 Å². The molecular formula is C36H54N4O5S. The summed E-state index contributed by atoms with van der Waals surface area (Å²) in [6.07, 6.45) is 6.36. The van der Waals surface area contributed by atoms with E-state index in [9.17, 15) is 13.2 Å². The Labute approximate surface area is 276 Å². The van der Waals surface area contributed by atoms with Gasteiger partial charge in [-0.05, 0) is 108 Å². The SMILES string of the molecule is COc1cc(C)c(S(=O)(=O)N2CCCC2COC(C)C(=O)NCC2CCC(Cc3ccccc3)(N3CCN(C)CC3)CC2)c(C)c1. The average molecular weight is 655 g/mol. The van der Waals surface area contributed by atoms with Crippen LogP contribution in [0.1, 0.15) is 62.1 Å². The maximum atomic E-state index is 13.8.